The van der Waals surface area contributed by atoms with E-state index in [1.54, 1.807) is 50.0 Å². The third-order valence-electron chi connectivity index (χ3n) is 4.17. The monoisotopic (exact) mass is 408 g/mol. The average molecular weight is 408 g/mol. The summed E-state index contributed by atoms with van der Waals surface area (Å²) in [6.45, 7) is 7.01. The van der Waals surface area contributed by atoms with E-state index < -0.39 is 11.4 Å². The number of carbonyl (C=O) groups excluding carboxylic acids is 2. The second-order valence-electron chi connectivity index (χ2n) is 7.87. The molecule has 156 valence electrons. The van der Waals surface area contributed by atoms with Gasteiger partial charge in [0.05, 0.1) is 18.1 Å². The summed E-state index contributed by atoms with van der Waals surface area (Å²) in [6.07, 6.45) is 6.78. The molecule has 0 unspecified atom stereocenters. The van der Waals surface area contributed by atoms with Gasteiger partial charge in [0.25, 0.3) is 0 Å². The predicted molar refractivity (Wildman–Crippen MR) is 112 cm³/mol. The van der Waals surface area contributed by atoms with Crippen molar-refractivity contribution in [3.8, 4) is 22.8 Å². The van der Waals surface area contributed by atoms with Crippen LogP contribution in [-0.4, -0.2) is 31.7 Å². The summed E-state index contributed by atoms with van der Waals surface area (Å²) in [5.41, 5.74) is 1.72. The molecule has 0 atom stereocenters. The Morgan fingerprint density at radius 2 is 1.90 bits per heavy atom. The molecule has 0 radical (unpaired) electrons. The number of aryl methyl sites for hydroxylation is 2. The van der Waals surface area contributed by atoms with Gasteiger partial charge in [-0.3, -0.25) is 25.1 Å². The minimum Gasteiger partial charge on any atom is -0.455 e. The Hall–Kier alpha value is -3.75. The number of anilines is 1. The number of urea groups is 1. The third kappa shape index (κ3) is 5.19. The van der Waals surface area contributed by atoms with E-state index in [0.717, 1.165) is 16.8 Å². The molecular formula is C21H24N6O3. The van der Waals surface area contributed by atoms with Gasteiger partial charge in [0, 0.05) is 36.5 Å². The molecule has 9 nitrogen and oxygen atoms in total. The van der Waals surface area contributed by atoms with Gasteiger partial charge >= 0.3 is 6.03 Å². The number of pyridine rings is 2. The maximum Gasteiger partial charge on any atom is 0.327 e. The van der Waals surface area contributed by atoms with Gasteiger partial charge in [0.1, 0.15) is 17.3 Å². The van der Waals surface area contributed by atoms with Crippen molar-refractivity contribution in [2.75, 3.05) is 5.32 Å². The van der Waals surface area contributed by atoms with Gasteiger partial charge in [-0.05, 0) is 24.6 Å². The van der Waals surface area contributed by atoms with E-state index in [9.17, 15) is 9.59 Å². The Kier molecular flexibility index (Phi) is 5.81. The first-order valence-electron chi connectivity index (χ1n) is 9.34. The quantitative estimate of drug-likeness (QED) is 0.681. The van der Waals surface area contributed by atoms with Gasteiger partial charge < -0.3 is 4.74 Å². The van der Waals surface area contributed by atoms with Crippen molar-refractivity contribution in [1.29, 1.82) is 0 Å². The molecule has 0 fully saturated rings. The second kappa shape index (κ2) is 8.32. The van der Waals surface area contributed by atoms with Crippen LogP contribution in [0.4, 0.5) is 10.6 Å². The van der Waals surface area contributed by atoms with E-state index in [1.165, 1.54) is 6.20 Å². The number of imide groups is 1. The standard InChI is InChI=1S/C21H24N6O3/c1-13-8-18(25-20(29)26-19(28)21(2,3)4)23-11-17(13)30-15-6-7-22-16(9-15)14-10-24-27(5)12-14/h6-12H,1-5H3,(H2,23,25,26,28,29). The van der Waals surface area contributed by atoms with Gasteiger partial charge in [-0.2, -0.15) is 5.10 Å². The first-order valence-corrected chi connectivity index (χ1v) is 9.34. The van der Waals surface area contributed by atoms with Crippen LogP contribution in [0.15, 0.2) is 43.0 Å². The minimum atomic E-state index is -0.669. The fourth-order valence-electron chi connectivity index (χ4n) is 2.47. The van der Waals surface area contributed by atoms with Crippen molar-refractivity contribution in [2.45, 2.75) is 27.7 Å². The zero-order valence-corrected chi connectivity index (χ0v) is 17.6. The topological polar surface area (TPSA) is 111 Å². The molecule has 0 spiro atoms. The van der Waals surface area contributed by atoms with E-state index in [0.29, 0.717) is 17.3 Å². The van der Waals surface area contributed by atoms with E-state index >= 15 is 0 Å². The number of nitrogens with zero attached hydrogens (tertiary/aromatic N) is 4. The number of aromatic nitrogens is 4. The lowest BCUT2D eigenvalue weighted by Gasteiger charge is -2.17. The van der Waals surface area contributed by atoms with Crippen molar-refractivity contribution in [2.24, 2.45) is 12.5 Å². The largest absolute Gasteiger partial charge is 0.455 e. The van der Waals surface area contributed by atoms with Gasteiger partial charge in [-0.1, -0.05) is 20.8 Å². The van der Waals surface area contributed by atoms with Crippen molar-refractivity contribution >= 4 is 17.8 Å². The highest BCUT2D eigenvalue weighted by atomic mass is 16.5. The highest BCUT2D eigenvalue weighted by Crippen LogP contribution is 2.28. The Morgan fingerprint density at radius 1 is 1.13 bits per heavy atom. The van der Waals surface area contributed by atoms with Crippen molar-refractivity contribution < 1.29 is 14.3 Å². The van der Waals surface area contributed by atoms with Crippen LogP contribution >= 0.6 is 0 Å². The lowest BCUT2D eigenvalue weighted by Crippen LogP contribution is -2.41. The van der Waals surface area contributed by atoms with E-state index in [-0.39, 0.29) is 5.91 Å². The predicted octanol–water partition coefficient (Wildman–Crippen LogP) is 3.67. The highest BCUT2D eigenvalue weighted by molar-refractivity contribution is 6.02. The second-order valence-corrected chi connectivity index (χ2v) is 7.87. The fourth-order valence-corrected chi connectivity index (χ4v) is 2.47. The Balaban J connectivity index is 1.69. The zero-order chi connectivity index (χ0) is 21.9. The third-order valence-corrected chi connectivity index (χ3v) is 4.17. The maximum atomic E-state index is 12.0. The molecule has 0 aliphatic carbocycles. The molecule has 3 aromatic rings. The molecule has 2 N–H and O–H groups in total. The molecule has 30 heavy (non-hydrogen) atoms. The van der Waals surface area contributed by atoms with E-state index in [2.05, 4.69) is 25.7 Å². The first-order chi connectivity index (χ1) is 14.1. The van der Waals surface area contributed by atoms with Gasteiger partial charge in [-0.25, -0.2) is 9.78 Å². The summed E-state index contributed by atoms with van der Waals surface area (Å²) in [6, 6.07) is 4.59. The van der Waals surface area contributed by atoms with Crippen molar-refractivity contribution in [3.63, 3.8) is 0 Å². The lowest BCUT2D eigenvalue weighted by atomic mass is 9.96. The molecule has 3 aromatic heterocycles. The number of hydrogen-bond acceptors (Lipinski definition) is 6. The summed E-state index contributed by atoms with van der Waals surface area (Å²) < 4.78 is 7.64. The van der Waals surface area contributed by atoms with Crippen LogP contribution < -0.4 is 15.4 Å². The van der Waals surface area contributed by atoms with Gasteiger partial charge in [-0.15, -0.1) is 0 Å². The molecule has 0 aliphatic rings. The Morgan fingerprint density at radius 3 is 2.53 bits per heavy atom. The number of nitrogens with one attached hydrogen (secondary N) is 2. The minimum absolute atomic E-state index is 0.310. The Bertz CT molecular complexity index is 1080. The molecule has 0 bridgehead atoms. The summed E-state index contributed by atoms with van der Waals surface area (Å²) in [4.78, 5) is 32.4. The molecule has 9 heteroatoms. The van der Waals surface area contributed by atoms with Crippen LogP contribution in [0.3, 0.4) is 0 Å². The summed E-state index contributed by atoms with van der Waals surface area (Å²) in [7, 11) is 1.84. The molecule has 0 aromatic carbocycles. The Labute approximate surface area is 174 Å². The van der Waals surface area contributed by atoms with Crippen LogP contribution in [0, 0.1) is 12.3 Å². The lowest BCUT2D eigenvalue weighted by molar-refractivity contribution is -0.127. The summed E-state index contributed by atoms with van der Waals surface area (Å²) >= 11 is 0. The van der Waals surface area contributed by atoms with E-state index in [1.807, 2.05) is 26.2 Å². The molecule has 0 saturated heterocycles. The molecule has 3 amide bonds. The van der Waals surface area contributed by atoms with Crippen LogP contribution in [0.2, 0.25) is 0 Å². The van der Waals surface area contributed by atoms with Crippen molar-refractivity contribution in [3.05, 3.63) is 48.5 Å². The maximum absolute atomic E-state index is 12.0. The molecular weight excluding hydrogens is 384 g/mol. The first kappa shape index (κ1) is 21.0. The highest BCUT2D eigenvalue weighted by Gasteiger charge is 2.23. The van der Waals surface area contributed by atoms with E-state index in [4.69, 9.17) is 4.74 Å². The zero-order valence-electron chi connectivity index (χ0n) is 17.6. The number of carbonyl (C=O) groups is 2. The van der Waals surface area contributed by atoms with Crippen LogP contribution in [0.25, 0.3) is 11.3 Å². The van der Waals surface area contributed by atoms with Crippen molar-refractivity contribution in [1.82, 2.24) is 25.1 Å². The van der Waals surface area contributed by atoms with Crippen LogP contribution in [-0.2, 0) is 11.8 Å². The molecule has 0 aliphatic heterocycles. The summed E-state index contributed by atoms with van der Waals surface area (Å²) in [5.74, 6) is 1.07. The normalized spacial score (nSPS) is 11.1. The number of rotatable bonds is 4. The number of hydrogen-bond donors (Lipinski definition) is 2. The van der Waals surface area contributed by atoms with Gasteiger partial charge in [0.2, 0.25) is 5.91 Å². The van der Waals surface area contributed by atoms with Crippen LogP contribution in [0.1, 0.15) is 26.3 Å². The number of ether oxygens (including phenoxy) is 1. The van der Waals surface area contributed by atoms with Gasteiger partial charge in [0.15, 0.2) is 0 Å². The molecule has 3 rings (SSSR count). The summed E-state index contributed by atoms with van der Waals surface area (Å²) in [5, 5.41) is 9.00. The average Bonchev–Trinajstić information content (AvgIpc) is 3.10. The van der Waals surface area contributed by atoms with Crippen LogP contribution in [0.5, 0.6) is 11.5 Å². The smallest absolute Gasteiger partial charge is 0.327 e. The molecule has 0 saturated carbocycles. The molecule has 3 heterocycles. The number of amides is 3. The SMILES string of the molecule is Cc1cc(NC(=O)NC(=O)C(C)(C)C)ncc1Oc1ccnc(-c2cnn(C)c2)c1. The fraction of sp³-hybridized carbons (Fsp3) is 0.286.